The molecule has 1 atom stereocenters. The second kappa shape index (κ2) is 5.48. The Labute approximate surface area is 110 Å². The minimum Gasteiger partial charge on any atom is -0.361 e. The molecule has 1 aromatic carbocycles. The fourth-order valence-corrected chi connectivity index (χ4v) is 1.93. The van der Waals surface area contributed by atoms with Crippen molar-refractivity contribution >= 4 is 17.4 Å². The monoisotopic (exact) mass is 258 g/mol. The van der Waals surface area contributed by atoms with Crippen LogP contribution in [0.3, 0.4) is 0 Å². The third-order valence-corrected chi connectivity index (χ3v) is 2.87. The Morgan fingerprint density at radius 1 is 1.28 bits per heavy atom. The number of nitrogens with zero attached hydrogens (tertiary/aromatic N) is 3. The highest BCUT2D eigenvalue weighted by molar-refractivity contribution is 6.31. The van der Waals surface area contributed by atoms with Gasteiger partial charge in [0.1, 0.15) is 6.07 Å². The van der Waals surface area contributed by atoms with E-state index in [0.29, 0.717) is 10.8 Å². The molecule has 4 nitrogen and oxygen atoms in total. The smallest absolute Gasteiger partial charge is 0.182 e. The predicted molar refractivity (Wildman–Crippen MR) is 70.2 cm³/mol. The van der Waals surface area contributed by atoms with Crippen LogP contribution < -0.4 is 5.32 Å². The summed E-state index contributed by atoms with van der Waals surface area (Å²) in [4.78, 5) is 8.05. The number of benzene rings is 1. The van der Waals surface area contributed by atoms with E-state index in [2.05, 4.69) is 15.3 Å². The van der Waals surface area contributed by atoms with Crippen LogP contribution in [0, 0.1) is 11.3 Å². The van der Waals surface area contributed by atoms with Gasteiger partial charge in [0, 0.05) is 17.4 Å². The maximum Gasteiger partial charge on any atom is 0.182 e. The van der Waals surface area contributed by atoms with Crippen molar-refractivity contribution in [3.05, 3.63) is 52.9 Å². The van der Waals surface area contributed by atoms with Gasteiger partial charge in [0.25, 0.3) is 0 Å². The van der Waals surface area contributed by atoms with Gasteiger partial charge in [0.05, 0.1) is 6.04 Å². The second-order valence-electron chi connectivity index (χ2n) is 3.75. The summed E-state index contributed by atoms with van der Waals surface area (Å²) in [6.45, 7) is 1.96. The molecule has 0 radical (unpaired) electrons. The Kier molecular flexibility index (Phi) is 3.75. The van der Waals surface area contributed by atoms with Gasteiger partial charge in [-0.25, -0.2) is 9.97 Å². The molecule has 1 unspecified atom stereocenters. The van der Waals surface area contributed by atoms with Crippen LogP contribution in [-0.4, -0.2) is 9.97 Å². The van der Waals surface area contributed by atoms with Crippen molar-refractivity contribution in [1.29, 1.82) is 5.26 Å². The highest BCUT2D eigenvalue weighted by atomic mass is 35.5. The van der Waals surface area contributed by atoms with Crippen molar-refractivity contribution in [2.45, 2.75) is 13.0 Å². The molecule has 1 aromatic heterocycles. The summed E-state index contributed by atoms with van der Waals surface area (Å²) in [5.74, 6) is 0.465. The lowest BCUT2D eigenvalue weighted by atomic mass is 10.1. The molecule has 2 aromatic rings. The first kappa shape index (κ1) is 12.3. The Bertz CT molecular complexity index is 592. The molecule has 0 amide bonds. The number of hydrogen-bond donors (Lipinski definition) is 1. The average Bonchev–Trinajstić information content (AvgIpc) is 2.39. The molecule has 0 bridgehead atoms. The summed E-state index contributed by atoms with van der Waals surface area (Å²) in [6.07, 6.45) is 3.03. The maximum atomic E-state index is 8.94. The van der Waals surface area contributed by atoms with Crippen molar-refractivity contribution in [3.8, 4) is 6.07 Å². The SMILES string of the molecule is CC(Nc1nccnc1C#N)c1ccccc1Cl. The zero-order valence-corrected chi connectivity index (χ0v) is 10.5. The first-order chi connectivity index (χ1) is 8.72. The molecule has 1 N–H and O–H groups in total. The number of rotatable bonds is 3. The minimum absolute atomic E-state index is 0.0532. The lowest BCUT2D eigenvalue weighted by molar-refractivity contribution is 0.869. The van der Waals surface area contributed by atoms with E-state index in [0.717, 1.165) is 5.56 Å². The topological polar surface area (TPSA) is 61.6 Å². The molecule has 0 aliphatic carbocycles. The lowest BCUT2D eigenvalue weighted by Gasteiger charge is -2.16. The summed E-state index contributed by atoms with van der Waals surface area (Å²) in [6, 6.07) is 9.50. The van der Waals surface area contributed by atoms with Gasteiger partial charge >= 0.3 is 0 Å². The Morgan fingerprint density at radius 2 is 2.00 bits per heavy atom. The molecule has 1 heterocycles. The van der Waals surface area contributed by atoms with Crippen molar-refractivity contribution in [3.63, 3.8) is 0 Å². The molecule has 0 fully saturated rings. The molecule has 2 rings (SSSR count). The van der Waals surface area contributed by atoms with Crippen molar-refractivity contribution < 1.29 is 0 Å². The van der Waals surface area contributed by atoms with Crippen LogP contribution in [0.1, 0.15) is 24.2 Å². The van der Waals surface area contributed by atoms with Crippen LogP contribution in [0.4, 0.5) is 5.82 Å². The van der Waals surface area contributed by atoms with E-state index >= 15 is 0 Å². The summed E-state index contributed by atoms with van der Waals surface area (Å²) in [5.41, 5.74) is 1.23. The second-order valence-corrected chi connectivity index (χ2v) is 4.16. The third-order valence-electron chi connectivity index (χ3n) is 2.53. The van der Waals surface area contributed by atoms with Gasteiger partial charge in [-0.05, 0) is 18.6 Å². The Morgan fingerprint density at radius 3 is 2.72 bits per heavy atom. The van der Waals surface area contributed by atoms with Crippen molar-refractivity contribution in [2.75, 3.05) is 5.32 Å². The molecule has 0 aliphatic rings. The summed E-state index contributed by atoms with van der Waals surface area (Å²) >= 11 is 6.12. The van der Waals surface area contributed by atoms with Crippen LogP contribution in [0.5, 0.6) is 0 Å². The first-order valence-corrected chi connectivity index (χ1v) is 5.82. The quantitative estimate of drug-likeness (QED) is 0.919. The molecule has 0 saturated carbocycles. The van der Waals surface area contributed by atoms with Crippen molar-refractivity contribution in [1.82, 2.24) is 9.97 Å². The Balaban J connectivity index is 2.25. The largest absolute Gasteiger partial charge is 0.361 e. The molecular weight excluding hydrogens is 248 g/mol. The molecule has 18 heavy (non-hydrogen) atoms. The number of hydrogen-bond acceptors (Lipinski definition) is 4. The summed E-state index contributed by atoms with van der Waals surface area (Å²) in [5, 5.41) is 12.8. The fraction of sp³-hybridized carbons (Fsp3) is 0.154. The molecule has 0 spiro atoms. The number of halogens is 1. The lowest BCUT2D eigenvalue weighted by Crippen LogP contribution is -2.10. The van der Waals surface area contributed by atoms with E-state index in [4.69, 9.17) is 16.9 Å². The fourth-order valence-electron chi connectivity index (χ4n) is 1.63. The number of aromatic nitrogens is 2. The number of nitriles is 1. The Hall–Kier alpha value is -2.12. The highest BCUT2D eigenvalue weighted by Crippen LogP contribution is 2.25. The zero-order valence-electron chi connectivity index (χ0n) is 9.76. The number of nitrogens with one attached hydrogen (secondary N) is 1. The van der Waals surface area contributed by atoms with E-state index < -0.39 is 0 Å². The van der Waals surface area contributed by atoms with Gasteiger partial charge in [0.15, 0.2) is 11.5 Å². The van der Waals surface area contributed by atoms with E-state index in [1.807, 2.05) is 37.3 Å². The minimum atomic E-state index is -0.0532. The number of anilines is 1. The van der Waals surface area contributed by atoms with Crippen LogP contribution in [0.25, 0.3) is 0 Å². The van der Waals surface area contributed by atoms with E-state index in [1.165, 1.54) is 6.20 Å². The van der Waals surface area contributed by atoms with Gasteiger partial charge in [-0.15, -0.1) is 0 Å². The van der Waals surface area contributed by atoms with Crippen molar-refractivity contribution in [2.24, 2.45) is 0 Å². The molecule has 90 valence electrons. The van der Waals surface area contributed by atoms with Gasteiger partial charge in [0.2, 0.25) is 0 Å². The van der Waals surface area contributed by atoms with Crippen LogP contribution >= 0.6 is 11.6 Å². The van der Waals surface area contributed by atoms with Crippen LogP contribution in [-0.2, 0) is 0 Å². The average molecular weight is 259 g/mol. The summed E-state index contributed by atoms with van der Waals surface area (Å²) < 4.78 is 0. The van der Waals surface area contributed by atoms with E-state index in [-0.39, 0.29) is 11.7 Å². The standard InChI is InChI=1S/C13H11ClN4/c1-9(10-4-2-3-5-11(10)14)18-13-12(8-15)16-6-7-17-13/h2-7,9H,1H3,(H,17,18). The van der Waals surface area contributed by atoms with E-state index in [9.17, 15) is 0 Å². The maximum absolute atomic E-state index is 8.94. The van der Waals surface area contributed by atoms with Crippen LogP contribution in [0.2, 0.25) is 5.02 Å². The molecular formula is C13H11ClN4. The van der Waals surface area contributed by atoms with Gasteiger partial charge in [-0.3, -0.25) is 0 Å². The predicted octanol–water partition coefficient (Wildman–Crippen LogP) is 3.17. The summed E-state index contributed by atoms with van der Waals surface area (Å²) in [7, 11) is 0. The third kappa shape index (κ3) is 2.58. The highest BCUT2D eigenvalue weighted by Gasteiger charge is 2.12. The van der Waals surface area contributed by atoms with Crippen LogP contribution in [0.15, 0.2) is 36.7 Å². The van der Waals surface area contributed by atoms with E-state index in [1.54, 1.807) is 6.20 Å². The van der Waals surface area contributed by atoms with Gasteiger partial charge in [-0.1, -0.05) is 29.8 Å². The zero-order chi connectivity index (χ0) is 13.0. The van der Waals surface area contributed by atoms with Gasteiger partial charge in [-0.2, -0.15) is 5.26 Å². The normalized spacial score (nSPS) is 11.6. The first-order valence-electron chi connectivity index (χ1n) is 5.44. The van der Waals surface area contributed by atoms with Gasteiger partial charge < -0.3 is 5.32 Å². The molecule has 0 saturated heterocycles. The molecule has 5 heteroatoms. The molecule has 0 aliphatic heterocycles.